The lowest BCUT2D eigenvalue weighted by Crippen LogP contribution is -2.40. The Balaban J connectivity index is 2.34. The molecule has 0 aliphatic carbocycles. The fourth-order valence-corrected chi connectivity index (χ4v) is 3.86. The largest absolute Gasteiger partial charge is 0.489 e. The molecule has 1 aromatic carbocycles. The van der Waals surface area contributed by atoms with Crippen LogP contribution in [0.4, 0.5) is 0 Å². The number of halogens is 1. The maximum absolute atomic E-state index is 12.3. The minimum absolute atomic E-state index is 0.0205. The molecule has 1 aromatic rings. The molecule has 0 aromatic heterocycles. The second-order valence-corrected chi connectivity index (χ2v) is 7.18. The highest BCUT2D eigenvalue weighted by Crippen LogP contribution is 2.37. The zero-order valence-corrected chi connectivity index (χ0v) is 13.4. The van der Waals surface area contributed by atoms with Gasteiger partial charge in [0.25, 0.3) is 0 Å². The van der Waals surface area contributed by atoms with Crippen LogP contribution in [-0.4, -0.2) is 31.6 Å². The van der Waals surface area contributed by atoms with Gasteiger partial charge in [-0.3, -0.25) is 4.79 Å². The Labute approximate surface area is 133 Å². The van der Waals surface area contributed by atoms with Crippen molar-refractivity contribution in [2.45, 2.75) is 36.8 Å². The molecule has 6 nitrogen and oxygen atoms in total. The Bertz CT molecular complexity index is 716. The Kier molecular flexibility index (Phi) is 4.79. The molecule has 0 spiro atoms. The van der Waals surface area contributed by atoms with Crippen molar-refractivity contribution in [3.8, 4) is 5.75 Å². The van der Waals surface area contributed by atoms with Gasteiger partial charge in [0.15, 0.2) is 0 Å². The fourth-order valence-electron chi connectivity index (χ4n) is 2.24. The summed E-state index contributed by atoms with van der Waals surface area (Å²) in [7, 11) is -4.01. The molecule has 22 heavy (non-hydrogen) atoms. The molecule has 1 heterocycles. The first-order valence-electron chi connectivity index (χ1n) is 6.59. The minimum atomic E-state index is -4.01. The summed E-state index contributed by atoms with van der Waals surface area (Å²) in [5, 5.41) is 9.23. The van der Waals surface area contributed by atoms with Gasteiger partial charge in [-0.1, -0.05) is 17.7 Å². The molecule has 120 valence electrons. The highest BCUT2D eigenvalue weighted by molar-refractivity contribution is 7.89. The summed E-state index contributed by atoms with van der Waals surface area (Å²) in [6.45, 7) is 5.27. The number of nitrogens with one attached hydrogen (secondary N) is 1. The monoisotopic (exact) mass is 345 g/mol. The molecule has 0 amide bonds. The van der Waals surface area contributed by atoms with E-state index in [-0.39, 0.29) is 22.4 Å². The van der Waals surface area contributed by atoms with Crippen molar-refractivity contribution in [3.05, 3.63) is 35.4 Å². The van der Waals surface area contributed by atoms with Gasteiger partial charge in [-0.25, -0.2) is 8.42 Å². The van der Waals surface area contributed by atoms with Crippen LogP contribution in [-0.2, 0) is 21.2 Å². The third kappa shape index (κ3) is 3.43. The number of benzene rings is 1. The molecule has 2 atom stereocenters. The average molecular weight is 346 g/mol. The van der Waals surface area contributed by atoms with Crippen LogP contribution in [0.15, 0.2) is 29.7 Å². The third-order valence-electron chi connectivity index (χ3n) is 3.23. The number of sulfonamides is 1. The molecule has 0 radical (unpaired) electrons. The third-order valence-corrected chi connectivity index (χ3v) is 4.96. The number of hydrogen-bond donors (Lipinski definition) is 2. The number of carboxylic acid groups (broad SMARTS) is 1. The molecule has 1 aliphatic heterocycles. The van der Waals surface area contributed by atoms with Crippen molar-refractivity contribution in [2.24, 2.45) is 0 Å². The van der Waals surface area contributed by atoms with E-state index in [0.29, 0.717) is 17.7 Å². The van der Waals surface area contributed by atoms with Crippen molar-refractivity contribution < 1.29 is 23.1 Å². The van der Waals surface area contributed by atoms with E-state index in [2.05, 4.69) is 11.3 Å². The Morgan fingerprint density at radius 1 is 1.64 bits per heavy atom. The SMILES string of the molecule is C=CCC(NS(=O)(=O)c1cc(Cl)c2c(c1)CC(C)O2)C(=O)O. The molecule has 0 fully saturated rings. The molecule has 8 heteroatoms. The maximum atomic E-state index is 12.3. The van der Waals surface area contributed by atoms with E-state index in [1.54, 1.807) is 0 Å². The number of fused-ring (bicyclic) bond motifs is 1. The van der Waals surface area contributed by atoms with Crippen molar-refractivity contribution in [3.63, 3.8) is 0 Å². The summed E-state index contributed by atoms with van der Waals surface area (Å²) in [6.07, 6.45) is 1.79. The Morgan fingerprint density at radius 2 is 2.32 bits per heavy atom. The van der Waals surface area contributed by atoms with Crippen molar-refractivity contribution in [1.29, 1.82) is 0 Å². The normalized spacial score (nSPS) is 18.4. The van der Waals surface area contributed by atoms with Crippen LogP contribution in [0.1, 0.15) is 18.9 Å². The van der Waals surface area contributed by atoms with Gasteiger partial charge < -0.3 is 9.84 Å². The van der Waals surface area contributed by atoms with E-state index in [9.17, 15) is 13.2 Å². The predicted molar refractivity (Wildman–Crippen MR) is 81.8 cm³/mol. The Morgan fingerprint density at radius 3 is 2.91 bits per heavy atom. The lowest BCUT2D eigenvalue weighted by molar-refractivity contribution is -0.138. The molecule has 0 bridgehead atoms. The van der Waals surface area contributed by atoms with Crippen LogP contribution in [0.25, 0.3) is 0 Å². The van der Waals surface area contributed by atoms with E-state index in [0.717, 1.165) is 0 Å². The summed E-state index contributed by atoms with van der Waals surface area (Å²) in [4.78, 5) is 11.0. The minimum Gasteiger partial charge on any atom is -0.489 e. The topological polar surface area (TPSA) is 92.7 Å². The predicted octanol–water partition coefficient (Wildman–Crippen LogP) is 1.97. The van der Waals surface area contributed by atoms with Gasteiger partial charge in [-0.2, -0.15) is 4.72 Å². The number of ether oxygens (including phenoxy) is 1. The van der Waals surface area contributed by atoms with Gasteiger partial charge in [-0.15, -0.1) is 6.58 Å². The van der Waals surface area contributed by atoms with Crippen LogP contribution in [0, 0.1) is 0 Å². The summed E-state index contributed by atoms with van der Waals surface area (Å²) >= 11 is 6.06. The standard InChI is InChI=1S/C14H16ClNO5S/c1-3-4-12(14(17)18)16-22(19,20)10-6-9-5-8(2)21-13(9)11(15)7-10/h3,6-8,12,16H,1,4-5H2,2H3,(H,17,18). The smallest absolute Gasteiger partial charge is 0.322 e. The molecule has 0 saturated carbocycles. The van der Waals surface area contributed by atoms with Crippen molar-refractivity contribution in [1.82, 2.24) is 4.72 Å². The number of carbonyl (C=O) groups is 1. The van der Waals surface area contributed by atoms with Crippen LogP contribution in [0.2, 0.25) is 5.02 Å². The second kappa shape index (κ2) is 6.28. The lowest BCUT2D eigenvalue weighted by Gasteiger charge is -2.14. The first-order chi connectivity index (χ1) is 10.2. The molecular formula is C14H16ClNO5S. The summed E-state index contributed by atoms with van der Waals surface area (Å²) in [5.74, 6) is -0.790. The highest BCUT2D eigenvalue weighted by atomic mass is 35.5. The highest BCUT2D eigenvalue weighted by Gasteiger charge is 2.28. The first kappa shape index (κ1) is 16.8. The van der Waals surface area contributed by atoms with Crippen molar-refractivity contribution >= 4 is 27.6 Å². The molecular weight excluding hydrogens is 330 g/mol. The zero-order chi connectivity index (χ0) is 16.5. The van der Waals surface area contributed by atoms with E-state index < -0.39 is 22.0 Å². The number of hydrogen-bond acceptors (Lipinski definition) is 4. The maximum Gasteiger partial charge on any atom is 0.322 e. The fraction of sp³-hybridized carbons (Fsp3) is 0.357. The second-order valence-electron chi connectivity index (χ2n) is 5.06. The van der Waals surface area contributed by atoms with Crippen LogP contribution in [0.3, 0.4) is 0 Å². The molecule has 1 aliphatic rings. The van der Waals surface area contributed by atoms with Crippen LogP contribution >= 0.6 is 11.6 Å². The van der Waals surface area contributed by atoms with E-state index in [4.69, 9.17) is 21.4 Å². The van der Waals surface area contributed by atoms with Gasteiger partial charge in [0.1, 0.15) is 17.9 Å². The molecule has 2 N–H and O–H groups in total. The average Bonchev–Trinajstić information content (AvgIpc) is 2.79. The van der Waals surface area contributed by atoms with E-state index in [1.807, 2.05) is 6.92 Å². The number of aliphatic carboxylic acids is 1. The lowest BCUT2D eigenvalue weighted by atomic mass is 10.1. The Hall–Kier alpha value is -1.57. The first-order valence-corrected chi connectivity index (χ1v) is 8.46. The van der Waals surface area contributed by atoms with Gasteiger partial charge >= 0.3 is 5.97 Å². The van der Waals surface area contributed by atoms with E-state index in [1.165, 1.54) is 18.2 Å². The zero-order valence-electron chi connectivity index (χ0n) is 11.9. The summed E-state index contributed by atoms with van der Waals surface area (Å²) < 4.78 is 32.3. The van der Waals surface area contributed by atoms with Gasteiger partial charge in [-0.05, 0) is 25.5 Å². The summed E-state index contributed by atoms with van der Waals surface area (Å²) in [5.41, 5.74) is 0.691. The molecule has 2 rings (SSSR count). The number of carboxylic acids is 1. The van der Waals surface area contributed by atoms with Gasteiger partial charge in [0.05, 0.1) is 9.92 Å². The summed E-state index contributed by atoms with van der Waals surface area (Å²) in [6, 6.07) is 1.44. The molecule has 2 unspecified atom stereocenters. The number of rotatable bonds is 6. The van der Waals surface area contributed by atoms with Crippen LogP contribution < -0.4 is 9.46 Å². The van der Waals surface area contributed by atoms with Crippen LogP contribution in [0.5, 0.6) is 5.75 Å². The van der Waals surface area contributed by atoms with E-state index >= 15 is 0 Å². The quantitative estimate of drug-likeness (QED) is 0.769. The van der Waals surface area contributed by atoms with Gasteiger partial charge in [0, 0.05) is 12.0 Å². The molecule has 0 saturated heterocycles. The van der Waals surface area contributed by atoms with Gasteiger partial charge in [0.2, 0.25) is 10.0 Å². The van der Waals surface area contributed by atoms with Crippen molar-refractivity contribution in [2.75, 3.05) is 0 Å².